The average Bonchev–Trinajstić information content (AvgIpc) is 2.77. The smallest absolute Gasteiger partial charge is 0.223 e. The van der Waals surface area contributed by atoms with Gasteiger partial charge in [-0.05, 0) is 23.0 Å². The van der Waals surface area contributed by atoms with E-state index in [9.17, 15) is 0 Å². The Balaban J connectivity index is 2.34. The zero-order valence-corrected chi connectivity index (χ0v) is 9.53. The summed E-state index contributed by atoms with van der Waals surface area (Å²) in [6, 6.07) is 1.91. The molecule has 0 aromatic carbocycles. The van der Waals surface area contributed by atoms with E-state index < -0.39 is 0 Å². The molecular formula is C10H5ClN4S. The van der Waals surface area contributed by atoms with E-state index >= 15 is 0 Å². The lowest BCUT2D eigenvalue weighted by atomic mass is 10.3. The van der Waals surface area contributed by atoms with Crippen molar-refractivity contribution in [2.24, 2.45) is 0 Å². The van der Waals surface area contributed by atoms with Crippen LogP contribution >= 0.6 is 22.9 Å². The lowest BCUT2D eigenvalue weighted by Crippen LogP contribution is -1.91. The van der Waals surface area contributed by atoms with Crippen LogP contribution in [-0.2, 0) is 0 Å². The molecule has 16 heavy (non-hydrogen) atoms. The zero-order valence-electron chi connectivity index (χ0n) is 7.96. The Morgan fingerprint density at radius 2 is 2.12 bits per heavy atom. The molecule has 3 aromatic rings. The Morgan fingerprint density at radius 3 is 2.94 bits per heavy atom. The quantitative estimate of drug-likeness (QED) is 0.622. The Labute approximate surface area is 100.0 Å². The van der Waals surface area contributed by atoms with Crippen LogP contribution in [0, 0.1) is 0 Å². The van der Waals surface area contributed by atoms with Crippen molar-refractivity contribution >= 4 is 33.2 Å². The topological polar surface area (TPSA) is 51.6 Å². The average molecular weight is 249 g/mol. The van der Waals surface area contributed by atoms with Crippen molar-refractivity contribution in [1.82, 2.24) is 19.9 Å². The highest BCUT2D eigenvalue weighted by atomic mass is 35.5. The SMILES string of the molecule is Clc1nc(-c2cnccn2)c2sccc2n1. The van der Waals surface area contributed by atoms with Crippen LogP contribution in [0.2, 0.25) is 5.28 Å². The highest BCUT2D eigenvalue weighted by Crippen LogP contribution is 2.29. The normalized spacial score (nSPS) is 10.8. The maximum atomic E-state index is 5.86. The summed E-state index contributed by atoms with van der Waals surface area (Å²) in [4.78, 5) is 16.6. The molecule has 0 saturated carbocycles. The van der Waals surface area contributed by atoms with Crippen molar-refractivity contribution < 1.29 is 0 Å². The fraction of sp³-hybridized carbons (Fsp3) is 0. The Bertz CT molecular complexity index is 638. The molecule has 0 N–H and O–H groups in total. The molecule has 0 unspecified atom stereocenters. The van der Waals surface area contributed by atoms with E-state index in [1.807, 2.05) is 11.4 Å². The standard InChI is InChI=1S/C10H5ClN4S/c11-10-14-6-1-4-16-9(6)8(15-10)7-5-12-2-3-13-7/h1-5H. The van der Waals surface area contributed by atoms with Crippen molar-refractivity contribution in [2.75, 3.05) is 0 Å². The molecular weight excluding hydrogens is 244 g/mol. The maximum Gasteiger partial charge on any atom is 0.223 e. The first-order valence-electron chi connectivity index (χ1n) is 4.52. The second-order valence-electron chi connectivity index (χ2n) is 3.07. The van der Waals surface area contributed by atoms with Gasteiger partial charge in [0.25, 0.3) is 0 Å². The van der Waals surface area contributed by atoms with E-state index in [0.717, 1.165) is 15.9 Å². The Morgan fingerprint density at radius 1 is 1.19 bits per heavy atom. The fourth-order valence-corrected chi connectivity index (χ4v) is 2.43. The Kier molecular flexibility index (Phi) is 2.27. The number of halogens is 1. The molecule has 0 aliphatic carbocycles. The summed E-state index contributed by atoms with van der Waals surface area (Å²) < 4.78 is 0.977. The molecule has 0 aliphatic rings. The van der Waals surface area contributed by atoms with Gasteiger partial charge in [-0.3, -0.25) is 9.97 Å². The molecule has 78 valence electrons. The van der Waals surface area contributed by atoms with E-state index in [4.69, 9.17) is 11.6 Å². The monoisotopic (exact) mass is 248 g/mol. The molecule has 0 fully saturated rings. The van der Waals surface area contributed by atoms with Gasteiger partial charge in [-0.25, -0.2) is 9.97 Å². The van der Waals surface area contributed by atoms with Gasteiger partial charge in [-0.15, -0.1) is 11.3 Å². The van der Waals surface area contributed by atoms with Gasteiger partial charge in [-0.1, -0.05) is 0 Å². The predicted octanol–water partition coefficient (Wildman–Crippen LogP) is 2.80. The Hall–Kier alpha value is -1.59. The number of aromatic nitrogens is 4. The molecule has 3 heterocycles. The van der Waals surface area contributed by atoms with Gasteiger partial charge in [0.15, 0.2) is 0 Å². The third-order valence-electron chi connectivity index (χ3n) is 2.08. The summed E-state index contributed by atoms with van der Waals surface area (Å²) in [5.74, 6) is 0. The molecule has 0 aliphatic heterocycles. The van der Waals surface area contributed by atoms with Gasteiger partial charge in [0.05, 0.1) is 16.4 Å². The number of thiophene rings is 1. The van der Waals surface area contributed by atoms with Crippen LogP contribution < -0.4 is 0 Å². The first kappa shape index (κ1) is 9.62. The van der Waals surface area contributed by atoms with Gasteiger partial charge in [0.1, 0.15) is 11.4 Å². The number of hydrogen-bond acceptors (Lipinski definition) is 5. The third kappa shape index (κ3) is 1.54. The second kappa shape index (κ2) is 3.77. The van der Waals surface area contributed by atoms with Crippen LogP contribution in [0.1, 0.15) is 0 Å². The van der Waals surface area contributed by atoms with Gasteiger partial charge < -0.3 is 0 Å². The third-order valence-corrected chi connectivity index (χ3v) is 3.16. The molecule has 0 radical (unpaired) electrons. The molecule has 0 saturated heterocycles. The number of rotatable bonds is 1. The van der Waals surface area contributed by atoms with E-state index in [0.29, 0.717) is 5.69 Å². The zero-order chi connectivity index (χ0) is 11.0. The van der Waals surface area contributed by atoms with Gasteiger partial charge in [-0.2, -0.15) is 0 Å². The molecule has 0 amide bonds. The van der Waals surface area contributed by atoms with E-state index in [2.05, 4.69) is 19.9 Å². The van der Waals surface area contributed by atoms with Crippen LogP contribution in [0.3, 0.4) is 0 Å². The highest BCUT2D eigenvalue weighted by molar-refractivity contribution is 7.17. The van der Waals surface area contributed by atoms with E-state index in [1.54, 1.807) is 29.9 Å². The maximum absolute atomic E-state index is 5.86. The van der Waals surface area contributed by atoms with E-state index in [1.165, 1.54) is 0 Å². The fourth-order valence-electron chi connectivity index (χ4n) is 1.43. The molecule has 0 spiro atoms. The highest BCUT2D eigenvalue weighted by Gasteiger charge is 2.10. The molecule has 3 aromatic heterocycles. The van der Waals surface area contributed by atoms with E-state index in [-0.39, 0.29) is 5.28 Å². The van der Waals surface area contributed by atoms with Crippen molar-refractivity contribution in [2.45, 2.75) is 0 Å². The summed E-state index contributed by atoms with van der Waals surface area (Å²) in [5.41, 5.74) is 2.28. The van der Waals surface area contributed by atoms with Crippen molar-refractivity contribution in [3.8, 4) is 11.4 Å². The molecule has 0 bridgehead atoms. The van der Waals surface area contributed by atoms with Crippen LogP contribution in [0.4, 0.5) is 0 Å². The summed E-state index contributed by atoms with van der Waals surface area (Å²) in [7, 11) is 0. The number of hydrogen-bond donors (Lipinski definition) is 0. The van der Waals surface area contributed by atoms with Crippen LogP contribution in [0.25, 0.3) is 21.6 Å². The predicted molar refractivity (Wildman–Crippen MR) is 63.5 cm³/mol. The summed E-state index contributed by atoms with van der Waals surface area (Å²) in [6.07, 6.45) is 4.92. The molecule has 4 nitrogen and oxygen atoms in total. The van der Waals surface area contributed by atoms with Crippen LogP contribution in [-0.4, -0.2) is 19.9 Å². The van der Waals surface area contributed by atoms with Gasteiger partial charge in [0.2, 0.25) is 5.28 Å². The number of fused-ring (bicyclic) bond motifs is 1. The number of nitrogens with zero attached hydrogens (tertiary/aromatic N) is 4. The van der Waals surface area contributed by atoms with Gasteiger partial charge >= 0.3 is 0 Å². The van der Waals surface area contributed by atoms with Crippen molar-refractivity contribution in [3.05, 3.63) is 35.3 Å². The molecule has 3 rings (SSSR count). The minimum atomic E-state index is 0.228. The van der Waals surface area contributed by atoms with Crippen molar-refractivity contribution in [1.29, 1.82) is 0 Å². The minimum absolute atomic E-state index is 0.228. The van der Waals surface area contributed by atoms with Crippen molar-refractivity contribution in [3.63, 3.8) is 0 Å². The van der Waals surface area contributed by atoms with Gasteiger partial charge in [0, 0.05) is 12.4 Å². The lowest BCUT2D eigenvalue weighted by molar-refractivity contribution is 1.16. The second-order valence-corrected chi connectivity index (χ2v) is 4.32. The molecule has 6 heteroatoms. The minimum Gasteiger partial charge on any atom is -0.261 e. The molecule has 0 atom stereocenters. The largest absolute Gasteiger partial charge is 0.261 e. The summed E-state index contributed by atoms with van der Waals surface area (Å²) >= 11 is 7.43. The lowest BCUT2D eigenvalue weighted by Gasteiger charge is -2.00. The summed E-state index contributed by atoms with van der Waals surface area (Å²) in [5, 5.41) is 2.18. The van der Waals surface area contributed by atoms with Crippen LogP contribution in [0.15, 0.2) is 30.0 Å². The first-order chi connectivity index (χ1) is 7.84. The van der Waals surface area contributed by atoms with Crippen LogP contribution in [0.5, 0.6) is 0 Å². The first-order valence-corrected chi connectivity index (χ1v) is 5.77. The summed E-state index contributed by atoms with van der Waals surface area (Å²) in [6.45, 7) is 0.